The molecule has 5 nitrogen and oxygen atoms in total. The van der Waals surface area contributed by atoms with Crippen LogP contribution in [-0.4, -0.2) is 30.1 Å². The molecule has 1 N–H and O–H groups in total. The van der Waals surface area contributed by atoms with E-state index in [0.29, 0.717) is 13.1 Å². The summed E-state index contributed by atoms with van der Waals surface area (Å²) in [6.07, 6.45) is 1.67. The zero-order valence-corrected chi connectivity index (χ0v) is 17.2. The highest BCUT2D eigenvalue weighted by molar-refractivity contribution is 5.95. The summed E-state index contributed by atoms with van der Waals surface area (Å²) in [5.41, 5.74) is 5.16. The zero-order chi connectivity index (χ0) is 20.1. The van der Waals surface area contributed by atoms with Crippen molar-refractivity contribution in [1.82, 2.24) is 9.88 Å². The normalized spacial score (nSPS) is 10.9. The van der Waals surface area contributed by atoms with E-state index in [9.17, 15) is 4.79 Å². The van der Waals surface area contributed by atoms with Gasteiger partial charge in [-0.25, -0.2) is 0 Å². The molecule has 1 amide bonds. The maximum atomic E-state index is 12.7. The van der Waals surface area contributed by atoms with Crippen LogP contribution in [0.15, 0.2) is 53.1 Å². The molecule has 3 rings (SSSR count). The number of nitrogens with zero attached hydrogens (tertiary/aromatic N) is 2. The average Bonchev–Trinajstić information content (AvgIpc) is 3.29. The molecule has 2 heterocycles. The van der Waals surface area contributed by atoms with Crippen molar-refractivity contribution in [3.8, 4) is 0 Å². The van der Waals surface area contributed by atoms with Crippen molar-refractivity contribution >= 4 is 11.6 Å². The second-order valence-corrected chi connectivity index (χ2v) is 7.12. The number of aryl methyl sites for hydroxylation is 2. The van der Waals surface area contributed by atoms with Crippen molar-refractivity contribution in [2.75, 3.05) is 24.5 Å². The van der Waals surface area contributed by atoms with Crippen LogP contribution in [0.4, 0.5) is 5.69 Å². The minimum absolute atomic E-state index is 0.0286. The molecular formula is C23H29N3O2. The van der Waals surface area contributed by atoms with E-state index in [4.69, 9.17) is 4.42 Å². The molecule has 0 bridgehead atoms. The van der Waals surface area contributed by atoms with Crippen LogP contribution in [0.5, 0.6) is 0 Å². The van der Waals surface area contributed by atoms with E-state index >= 15 is 0 Å². The van der Waals surface area contributed by atoms with Crippen LogP contribution in [0.1, 0.15) is 40.0 Å². The van der Waals surface area contributed by atoms with Gasteiger partial charge in [-0.1, -0.05) is 12.1 Å². The van der Waals surface area contributed by atoms with Crippen molar-refractivity contribution in [3.63, 3.8) is 0 Å². The first kappa shape index (κ1) is 19.8. The third-order valence-corrected chi connectivity index (χ3v) is 5.13. The third kappa shape index (κ3) is 4.47. The molecule has 0 unspecified atom stereocenters. The van der Waals surface area contributed by atoms with Crippen LogP contribution >= 0.6 is 0 Å². The predicted molar refractivity (Wildman–Crippen MR) is 113 cm³/mol. The van der Waals surface area contributed by atoms with Gasteiger partial charge in [-0.3, -0.25) is 4.79 Å². The molecule has 0 aliphatic heterocycles. The number of anilines is 1. The summed E-state index contributed by atoms with van der Waals surface area (Å²) in [4.78, 5) is 15.0. The highest BCUT2D eigenvalue weighted by Crippen LogP contribution is 2.18. The number of rotatable bonds is 8. The molecule has 5 heteroatoms. The third-order valence-electron chi connectivity index (χ3n) is 5.13. The second-order valence-electron chi connectivity index (χ2n) is 7.12. The highest BCUT2D eigenvalue weighted by Gasteiger charge is 2.16. The van der Waals surface area contributed by atoms with Crippen LogP contribution in [0.2, 0.25) is 0 Å². The molecular weight excluding hydrogens is 350 g/mol. The van der Waals surface area contributed by atoms with Crippen molar-refractivity contribution in [1.29, 1.82) is 0 Å². The van der Waals surface area contributed by atoms with Gasteiger partial charge in [-0.15, -0.1) is 0 Å². The number of likely N-dealkylation sites (N-methyl/N-ethyl adjacent to an activating group) is 1. The zero-order valence-electron chi connectivity index (χ0n) is 17.2. The molecule has 0 atom stereocenters. The number of nitrogens with one attached hydrogen (secondary N) is 1. The fourth-order valence-corrected chi connectivity index (χ4v) is 3.53. The molecule has 0 fully saturated rings. The van der Waals surface area contributed by atoms with Crippen LogP contribution < -0.4 is 10.2 Å². The monoisotopic (exact) mass is 379 g/mol. The number of carbonyl (C=O) groups is 1. The number of carbonyl (C=O) groups excluding carboxylic acids is 1. The Kier molecular flexibility index (Phi) is 6.24. The minimum atomic E-state index is -0.0286. The quantitative estimate of drug-likeness (QED) is 0.634. The largest absolute Gasteiger partial charge is 0.467 e. The van der Waals surface area contributed by atoms with Gasteiger partial charge in [-0.2, -0.15) is 0 Å². The number of benzene rings is 1. The fourth-order valence-electron chi connectivity index (χ4n) is 3.53. The van der Waals surface area contributed by atoms with E-state index in [2.05, 4.69) is 52.9 Å². The summed E-state index contributed by atoms with van der Waals surface area (Å²) < 4.78 is 7.55. The summed E-state index contributed by atoms with van der Waals surface area (Å²) in [7, 11) is 0. The van der Waals surface area contributed by atoms with E-state index in [0.717, 1.165) is 35.8 Å². The van der Waals surface area contributed by atoms with Crippen LogP contribution in [-0.2, 0) is 6.54 Å². The molecule has 0 spiro atoms. The van der Waals surface area contributed by atoms with Crippen molar-refractivity contribution < 1.29 is 9.21 Å². The Morgan fingerprint density at radius 3 is 2.64 bits per heavy atom. The Morgan fingerprint density at radius 2 is 1.96 bits per heavy atom. The van der Waals surface area contributed by atoms with Crippen molar-refractivity contribution in [2.45, 2.75) is 34.2 Å². The maximum Gasteiger partial charge on any atom is 0.253 e. The Hall–Kier alpha value is -2.95. The Morgan fingerprint density at radius 1 is 1.14 bits per heavy atom. The fraction of sp³-hybridized carbons (Fsp3) is 0.348. The number of amides is 1. The van der Waals surface area contributed by atoms with E-state index in [1.807, 2.05) is 32.0 Å². The summed E-state index contributed by atoms with van der Waals surface area (Å²) in [6.45, 7) is 11.1. The standard InChI is InChI=1S/C23H29N3O2/c1-5-25(20-9-6-8-17(2)14-20)12-11-24-23(27)22-15-18(3)26(19(22)4)16-21-10-7-13-28-21/h6-10,13-15H,5,11-12,16H2,1-4H3,(H,24,27). The topological polar surface area (TPSA) is 50.4 Å². The van der Waals surface area contributed by atoms with Crippen LogP contribution in [0.25, 0.3) is 0 Å². The lowest BCUT2D eigenvalue weighted by Gasteiger charge is -2.23. The lowest BCUT2D eigenvalue weighted by atomic mass is 10.2. The molecule has 3 aromatic rings. The Balaban J connectivity index is 1.62. The van der Waals surface area contributed by atoms with Gasteiger partial charge in [0, 0.05) is 36.7 Å². The van der Waals surface area contributed by atoms with E-state index < -0.39 is 0 Å². The first-order valence-electron chi connectivity index (χ1n) is 9.78. The summed E-state index contributed by atoms with van der Waals surface area (Å²) in [6, 6.07) is 14.2. The number of hydrogen-bond donors (Lipinski definition) is 1. The van der Waals surface area contributed by atoms with Gasteiger partial charge in [0.25, 0.3) is 5.91 Å². The van der Waals surface area contributed by atoms with Gasteiger partial charge in [0.1, 0.15) is 5.76 Å². The van der Waals surface area contributed by atoms with E-state index in [1.54, 1.807) is 6.26 Å². The number of furan rings is 1. The number of aromatic nitrogens is 1. The summed E-state index contributed by atoms with van der Waals surface area (Å²) in [5.74, 6) is 0.851. The molecule has 0 radical (unpaired) electrons. The molecule has 0 saturated carbocycles. The van der Waals surface area contributed by atoms with Crippen molar-refractivity contribution in [2.24, 2.45) is 0 Å². The SMILES string of the molecule is CCN(CCNC(=O)c1cc(C)n(Cc2ccco2)c1C)c1cccc(C)c1. The first-order valence-corrected chi connectivity index (χ1v) is 9.78. The Bertz CT molecular complexity index is 925. The first-order chi connectivity index (χ1) is 13.5. The lowest BCUT2D eigenvalue weighted by Crippen LogP contribution is -2.35. The smallest absolute Gasteiger partial charge is 0.253 e. The van der Waals surface area contributed by atoms with Gasteiger partial charge >= 0.3 is 0 Å². The van der Waals surface area contributed by atoms with E-state index in [-0.39, 0.29) is 5.91 Å². The van der Waals surface area contributed by atoms with Gasteiger partial charge in [-0.05, 0) is 63.6 Å². The predicted octanol–water partition coefficient (Wildman–Crippen LogP) is 4.31. The molecule has 2 aromatic heterocycles. The van der Waals surface area contributed by atoms with Crippen LogP contribution in [0.3, 0.4) is 0 Å². The van der Waals surface area contributed by atoms with Crippen LogP contribution in [0, 0.1) is 20.8 Å². The maximum absolute atomic E-state index is 12.7. The highest BCUT2D eigenvalue weighted by atomic mass is 16.3. The van der Waals surface area contributed by atoms with Gasteiger partial charge in [0.15, 0.2) is 0 Å². The second kappa shape index (κ2) is 8.83. The van der Waals surface area contributed by atoms with Gasteiger partial charge < -0.3 is 19.2 Å². The van der Waals surface area contributed by atoms with Crippen molar-refractivity contribution in [3.05, 3.63) is 77.0 Å². The van der Waals surface area contributed by atoms with Gasteiger partial charge in [0.05, 0.1) is 18.4 Å². The minimum Gasteiger partial charge on any atom is -0.467 e. The molecule has 0 saturated heterocycles. The molecule has 148 valence electrons. The summed E-state index contributed by atoms with van der Waals surface area (Å²) in [5, 5.41) is 3.07. The summed E-state index contributed by atoms with van der Waals surface area (Å²) >= 11 is 0. The molecule has 0 aliphatic carbocycles. The molecule has 0 aliphatic rings. The number of hydrogen-bond acceptors (Lipinski definition) is 3. The van der Waals surface area contributed by atoms with Gasteiger partial charge in [0.2, 0.25) is 0 Å². The lowest BCUT2D eigenvalue weighted by molar-refractivity contribution is 0.0954. The molecule has 1 aromatic carbocycles. The Labute approximate surface area is 167 Å². The average molecular weight is 380 g/mol. The van der Waals surface area contributed by atoms with E-state index in [1.165, 1.54) is 11.3 Å². The molecule has 28 heavy (non-hydrogen) atoms.